The average Bonchev–Trinajstić information content (AvgIpc) is 2.81. The number of halogens is 1. The molecule has 0 saturated carbocycles. The lowest BCUT2D eigenvalue weighted by molar-refractivity contribution is 0.533. The molecule has 0 aliphatic carbocycles. The third-order valence-electron chi connectivity index (χ3n) is 3.68. The topological polar surface area (TPSA) is 29.9 Å². The number of aryl methyl sites for hydroxylation is 2. The summed E-state index contributed by atoms with van der Waals surface area (Å²) in [4.78, 5) is 0. The van der Waals surface area contributed by atoms with Gasteiger partial charge in [0.1, 0.15) is 0 Å². The first kappa shape index (κ1) is 15.1. The van der Waals surface area contributed by atoms with Gasteiger partial charge in [0.15, 0.2) is 0 Å². The van der Waals surface area contributed by atoms with Crippen molar-refractivity contribution in [3.8, 4) is 0 Å². The molecule has 1 heterocycles. The maximum atomic E-state index is 6.24. The van der Waals surface area contributed by atoms with Crippen LogP contribution >= 0.6 is 11.6 Å². The summed E-state index contributed by atoms with van der Waals surface area (Å²) in [6, 6.07) is 10.6. The van der Waals surface area contributed by atoms with Crippen LogP contribution < -0.4 is 5.32 Å². The predicted octanol–water partition coefficient (Wildman–Crippen LogP) is 3.01. The number of hydrogen-bond acceptors (Lipinski definition) is 2. The van der Waals surface area contributed by atoms with Crippen molar-refractivity contribution in [2.45, 2.75) is 32.2 Å². The van der Waals surface area contributed by atoms with Crippen LogP contribution in [0.15, 0.2) is 30.3 Å². The fourth-order valence-corrected chi connectivity index (χ4v) is 2.61. The summed E-state index contributed by atoms with van der Waals surface area (Å²) in [5, 5.41) is 8.72. The molecule has 0 spiro atoms. The number of nitrogens with one attached hydrogen (secondary N) is 1. The highest BCUT2D eigenvalue weighted by molar-refractivity contribution is 6.31. The number of hydrogen-bond donors (Lipinski definition) is 1. The lowest BCUT2D eigenvalue weighted by Gasteiger charge is -2.17. The molecular weight excluding hydrogens is 270 g/mol. The quantitative estimate of drug-likeness (QED) is 0.887. The Kier molecular flexibility index (Phi) is 5.21. The van der Waals surface area contributed by atoms with E-state index in [-0.39, 0.29) is 0 Å². The minimum Gasteiger partial charge on any atom is -0.316 e. The van der Waals surface area contributed by atoms with Crippen molar-refractivity contribution in [1.29, 1.82) is 0 Å². The molecule has 20 heavy (non-hydrogen) atoms. The molecule has 2 rings (SSSR count). The van der Waals surface area contributed by atoms with Crippen molar-refractivity contribution in [1.82, 2.24) is 15.1 Å². The zero-order chi connectivity index (χ0) is 14.5. The molecule has 0 amide bonds. The van der Waals surface area contributed by atoms with Crippen LogP contribution in [-0.4, -0.2) is 22.9 Å². The van der Waals surface area contributed by atoms with Gasteiger partial charge in [0, 0.05) is 30.2 Å². The molecule has 1 unspecified atom stereocenters. The molecule has 108 valence electrons. The first-order valence-electron chi connectivity index (χ1n) is 7.06. The lowest BCUT2D eigenvalue weighted by atomic mass is 10.0. The van der Waals surface area contributed by atoms with Crippen molar-refractivity contribution in [2.24, 2.45) is 7.05 Å². The smallest absolute Gasteiger partial charge is 0.0624 e. The number of likely N-dealkylation sites (N-methyl/N-ethyl adjacent to an activating group) is 1. The Labute approximate surface area is 126 Å². The Bertz CT molecular complexity index is 563. The number of nitrogens with zero attached hydrogens (tertiary/aromatic N) is 2. The van der Waals surface area contributed by atoms with Crippen molar-refractivity contribution >= 4 is 11.6 Å². The SMILES string of the molecule is CCc1cc(CC(Cc2ccccc2Cl)NC)n(C)n1. The molecule has 1 N–H and O–H groups in total. The molecule has 0 aliphatic rings. The van der Waals surface area contributed by atoms with E-state index in [1.807, 2.05) is 37.0 Å². The van der Waals surface area contributed by atoms with E-state index in [2.05, 4.69) is 29.5 Å². The molecule has 1 atom stereocenters. The second-order valence-electron chi connectivity index (χ2n) is 5.09. The van der Waals surface area contributed by atoms with Crippen molar-refractivity contribution in [2.75, 3.05) is 7.05 Å². The van der Waals surface area contributed by atoms with Gasteiger partial charge in [0.05, 0.1) is 5.69 Å². The van der Waals surface area contributed by atoms with Gasteiger partial charge < -0.3 is 5.32 Å². The van der Waals surface area contributed by atoms with Gasteiger partial charge in [0.25, 0.3) is 0 Å². The number of rotatable bonds is 6. The Balaban J connectivity index is 2.09. The van der Waals surface area contributed by atoms with E-state index < -0.39 is 0 Å². The zero-order valence-corrected chi connectivity index (χ0v) is 13.1. The number of benzene rings is 1. The van der Waals surface area contributed by atoms with Gasteiger partial charge in [-0.05, 0) is 37.6 Å². The minimum absolute atomic E-state index is 0.356. The summed E-state index contributed by atoms with van der Waals surface area (Å²) >= 11 is 6.24. The minimum atomic E-state index is 0.356. The van der Waals surface area contributed by atoms with Crippen molar-refractivity contribution in [3.63, 3.8) is 0 Å². The van der Waals surface area contributed by atoms with E-state index in [0.717, 1.165) is 30.0 Å². The number of aromatic nitrogens is 2. The van der Waals surface area contributed by atoms with Gasteiger partial charge in [-0.2, -0.15) is 5.10 Å². The van der Waals surface area contributed by atoms with Crippen molar-refractivity contribution in [3.05, 3.63) is 52.3 Å². The van der Waals surface area contributed by atoms with Crippen LogP contribution in [-0.2, 0) is 26.3 Å². The molecule has 0 fully saturated rings. The van der Waals surface area contributed by atoms with Crippen molar-refractivity contribution < 1.29 is 0 Å². The van der Waals surface area contributed by atoms with Gasteiger partial charge in [0.2, 0.25) is 0 Å². The molecule has 0 bridgehead atoms. The first-order valence-corrected chi connectivity index (χ1v) is 7.44. The molecule has 3 nitrogen and oxygen atoms in total. The normalized spacial score (nSPS) is 12.6. The Morgan fingerprint density at radius 1 is 1.30 bits per heavy atom. The second kappa shape index (κ2) is 6.91. The molecule has 1 aromatic heterocycles. The summed E-state index contributed by atoms with van der Waals surface area (Å²) in [5.41, 5.74) is 3.59. The fraction of sp³-hybridized carbons (Fsp3) is 0.438. The van der Waals surface area contributed by atoms with E-state index in [9.17, 15) is 0 Å². The predicted molar refractivity (Wildman–Crippen MR) is 84.3 cm³/mol. The Morgan fingerprint density at radius 3 is 2.65 bits per heavy atom. The molecule has 2 aromatic rings. The van der Waals surface area contributed by atoms with Crippen LogP contribution in [0.5, 0.6) is 0 Å². The van der Waals surface area contributed by atoms with E-state index >= 15 is 0 Å². The van der Waals surface area contributed by atoms with Crippen LogP contribution in [0.4, 0.5) is 0 Å². The van der Waals surface area contributed by atoms with Crippen LogP contribution in [0, 0.1) is 0 Å². The third kappa shape index (κ3) is 3.62. The van der Waals surface area contributed by atoms with E-state index in [0.29, 0.717) is 6.04 Å². The van der Waals surface area contributed by atoms with E-state index in [4.69, 9.17) is 11.6 Å². The first-order chi connectivity index (χ1) is 9.63. The highest BCUT2D eigenvalue weighted by Gasteiger charge is 2.13. The lowest BCUT2D eigenvalue weighted by Crippen LogP contribution is -2.30. The molecule has 0 saturated heterocycles. The van der Waals surface area contributed by atoms with Gasteiger partial charge in [-0.25, -0.2) is 0 Å². The maximum absolute atomic E-state index is 6.24. The molecule has 4 heteroatoms. The monoisotopic (exact) mass is 291 g/mol. The standard InChI is InChI=1S/C16H22ClN3/c1-4-13-10-15(20(3)19-13)11-14(18-2)9-12-7-5-6-8-16(12)17/h5-8,10,14,18H,4,9,11H2,1-3H3. The van der Waals surface area contributed by atoms with Crippen LogP contribution in [0.25, 0.3) is 0 Å². The highest BCUT2D eigenvalue weighted by Crippen LogP contribution is 2.18. The fourth-order valence-electron chi connectivity index (χ4n) is 2.39. The maximum Gasteiger partial charge on any atom is 0.0624 e. The summed E-state index contributed by atoms with van der Waals surface area (Å²) in [7, 11) is 4.01. The Hall–Kier alpha value is -1.32. The van der Waals surface area contributed by atoms with E-state index in [1.54, 1.807) is 0 Å². The summed E-state index contributed by atoms with van der Waals surface area (Å²) in [5.74, 6) is 0. The van der Waals surface area contributed by atoms with Gasteiger partial charge in [-0.15, -0.1) is 0 Å². The van der Waals surface area contributed by atoms with Crippen LogP contribution in [0.1, 0.15) is 23.9 Å². The van der Waals surface area contributed by atoms with Gasteiger partial charge in [-0.3, -0.25) is 4.68 Å². The zero-order valence-electron chi connectivity index (χ0n) is 12.4. The molecule has 0 aliphatic heterocycles. The second-order valence-corrected chi connectivity index (χ2v) is 5.50. The summed E-state index contributed by atoms with van der Waals surface area (Å²) in [6.07, 6.45) is 2.84. The molecule has 0 radical (unpaired) electrons. The highest BCUT2D eigenvalue weighted by atomic mass is 35.5. The van der Waals surface area contributed by atoms with Gasteiger partial charge in [-0.1, -0.05) is 36.7 Å². The molecule has 1 aromatic carbocycles. The average molecular weight is 292 g/mol. The van der Waals surface area contributed by atoms with Crippen LogP contribution in [0.3, 0.4) is 0 Å². The van der Waals surface area contributed by atoms with Gasteiger partial charge >= 0.3 is 0 Å². The largest absolute Gasteiger partial charge is 0.316 e. The van der Waals surface area contributed by atoms with Crippen LogP contribution in [0.2, 0.25) is 5.02 Å². The summed E-state index contributed by atoms with van der Waals surface area (Å²) < 4.78 is 1.98. The van der Waals surface area contributed by atoms with E-state index in [1.165, 1.54) is 11.3 Å². The molecular formula is C16H22ClN3. The summed E-state index contributed by atoms with van der Waals surface area (Å²) in [6.45, 7) is 2.13. The Morgan fingerprint density at radius 2 is 2.05 bits per heavy atom. The third-order valence-corrected chi connectivity index (χ3v) is 4.05.